The van der Waals surface area contributed by atoms with Gasteiger partial charge in [0, 0.05) is 12.1 Å². The molecule has 3 N–H and O–H groups in total. The average molecular weight is 449 g/mol. The fraction of sp³-hybridized carbons (Fsp3) is 0.500. The van der Waals surface area contributed by atoms with Crippen LogP contribution < -0.4 is 15.8 Å². The van der Waals surface area contributed by atoms with Crippen LogP contribution in [0, 0.1) is 11.6 Å². The van der Waals surface area contributed by atoms with Gasteiger partial charge in [-0.25, -0.2) is 23.3 Å². The van der Waals surface area contributed by atoms with Crippen LogP contribution in [0.1, 0.15) is 44.7 Å². The van der Waals surface area contributed by atoms with E-state index in [-0.39, 0.29) is 23.1 Å². The number of hydrogen-bond acceptors (Lipinski definition) is 7. The van der Waals surface area contributed by atoms with Crippen molar-refractivity contribution in [2.45, 2.75) is 39.0 Å². The number of pyridine rings is 1. The molecular formula is C22H30F2N6O2. The number of imidazole rings is 1. The fourth-order valence-electron chi connectivity index (χ4n) is 3.38. The third-order valence-electron chi connectivity index (χ3n) is 5.14. The first-order valence-corrected chi connectivity index (χ1v) is 10.9. The molecule has 2 aliphatic rings. The molecule has 32 heavy (non-hydrogen) atoms. The van der Waals surface area contributed by atoms with Gasteiger partial charge in [-0.05, 0) is 25.9 Å². The number of nitrogens with zero attached hydrogens (tertiary/aromatic N) is 4. The van der Waals surface area contributed by atoms with Crippen molar-refractivity contribution in [3.8, 4) is 17.1 Å². The molecule has 2 saturated heterocycles. The minimum atomic E-state index is -0.910. The second-order valence-corrected chi connectivity index (χ2v) is 7.24. The lowest BCUT2D eigenvalue weighted by Crippen LogP contribution is -2.27. The van der Waals surface area contributed by atoms with Crippen LogP contribution in [0.15, 0.2) is 18.3 Å². The lowest BCUT2D eigenvalue weighted by atomic mass is 10.0. The number of methoxy groups -OCH3 is 1. The van der Waals surface area contributed by atoms with Crippen LogP contribution in [0.5, 0.6) is 5.75 Å². The Morgan fingerprint density at radius 3 is 2.38 bits per heavy atom. The first-order chi connectivity index (χ1) is 15.6. The van der Waals surface area contributed by atoms with Gasteiger partial charge in [0.2, 0.25) is 0 Å². The summed E-state index contributed by atoms with van der Waals surface area (Å²) in [7, 11) is 1.54. The van der Waals surface area contributed by atoms with Gasteiger partial charge in [-0.2, -0.15) is 5.10 Å². The zero-order valence-corrected chi connectivity index (χ0v) is 18.7. The Kier molecular flexibility index (Phi) is 8.29. The van der Waals surface area contributed by atoms with Crippen LogP contribution in [-0.2, 0) is 4.74 Å². The Labute approximate surface area is 186 Å². The maximum Gasteiger partial charge on any atom is 0.168 e. The van der Waals surface area contributed by atoms with Gasteiger partial charge >= 0.3 is 0 Å². The Bertz CT molecular complexity index is 1020. The third-order valence-corrected chi connectivity index (χ3v) is 5.14. The highest BCUT2D eigenvalue weighted by atomic mass is 19.1. The molecule has 0 spiro atoms. The summed E-state index contributed by atoms with van der Waals surface area (Å²) in [4.78, 5) is 7.98. The summed E-state index contributed by atoms with van der Waals surface area (Å²) in [6.45, 7) is 7.57. The van der Waals surface area contributed by atoms with E-state index in [1.165, 1.54) is 43.1 Å². The number of aromatic nitrogens is 4. The van der Waals surface area contributed by atoms with Gasteiger partial charge in [-0.1, -0.05) is 20.3 Å². The predicted molar refractivity (Wildman–Crippen MR) is 119 cm³/mol. The molecule has 10 heteroatoms. The molecule has 0 radical (unpaired) electrons. The Balaban J connectivity index is 0.000000309. The summed E-state index contributed by atoms with van der Waals surface area (Å²) in [6.07, 6.45) is 5.62. The minimum absolute atomic E-state index is 0.0932. The lowest BCUT2D eigenvalue weighted by molar-refractivity contribution is 0.00530. The number of halogens is 2. The number of anilines is 1. The standard InChI is InChI=1S/C15H13F2N5O2.C5H11N.C2H6/c1-23-11-3-12-19-4-10(14-8(16)2-9(17)15(18)20-14)22(12)21-13(11)7-5-24-6-7;1-2-4-6-5-3-1;1-2/h2-4,7H,5-6H2,1H3,(H2,18,20);6H,1-5H2;1-2H3. The van der Waals surface area contributed by atoms with Crippen LogP contribution in [0.2, 0.25) is 0 Å². The molecule has 2 fully saturated rings. The Morgan fingerprint density at radius 2 is 1.84 bits per heavy atom. The first-order valence-electron chi connectivity index (χ1n) is 10.9. The molecule has 0 atom stereocenters. The number of nitrogens with two attached hydrogens (primary N) is 1. The predicted octanol–water partition coefficient (Wildman–Crippen LogP) is 3.56. The molecule has 2 aliphatic heterocycles. The largest absolute Gasteiger partial charge is 0.495 e. The Morgan fingerprint density at radius 1 is 1.12 bits per heavy atom. The molecule has 0 aromatic carbocycles. The van der Waals surface area contributed by atoms with Crippen molar-refractivity contribution >= 4 is 11.5 Å². The van der Waals surface area contributed by atoms with Crippen LogP contribution in [0.4, 0.5) is 14.6 Å². The van der Waals surface area contributed by atoms with Gasteiger partial charge in [0.15, 0.2) is 23.1 Å². The van der Waals surface area contributed by atoms with E-state index in [2.05, 4.69) is 20.4 Å². The van der Waals surface area contributed by atoms with Gasteiger partial charge < -0.3 is 20.5 Å². The van der Waals surface area contributed by atoms with Crippen LogP contribution in [-0.4, -0.2) is 53.0 Å². The highest BCUT2D eigenvalue weighted by Crippen LogP contribution is 2.32. The molecule has 5 rings (SSSR count). The van der Waals surface area contributed by atoms with E-state index in [1.807, 2.05) is 13.8 Å². The SMILES string of the molecule is C1CCNCC1.CC.COc1cc2ncc(-c3nc(N)c(F)cc3F)n2nc1C1COC1. The van der Waals surface area contributed by atoms with Crippen LogP contribution >= 0.6 is 0 Å². The maximum absolute atomic E-state index is 14.1. The quantitative estimate of drug-likeness (QED) is 0.632. The lowest BCUT2D eigenvalue weighted by Gasteiger charge is -2.26. The summed E-state index contributed by atoms with van der Waals surface area (Å²) < 4.78 is 39.5. The van der Waals surface area contributed by atoms with E-state index < -0.39 is 11.6 Å². The summed E-state index contributed by atoms with van der Waals surface area (Å²) in [5.41, 5.74) is 6.75. The van der Waals surface area contributed by atoms with E-state index in [0.29, 0.717) is 36.4 Å². The van der Waals surface area contributed by atoms with E-state index in [1.54, 1.807) is 13.2 Å². The number of hydrogen-bond donors (Lipinski definition) is 2. The van der Waals surface area contributed by atoms with Gasteiger partial charge in [0.1, 0.15) is 22.8 Å². The summed E-state index contributed by atoms with van der Waals surface area (Å²) >= 11 is 0. The Hall–Kier alpha value is -2.85. The van der Waals surface area contributed by atoms with Gasteiger partial charge in [0.25, 0.3) is 0 Å². The molecule has 3 aromatic rings. The third kappa shape index (κ3) is 5.13. The topological polar surface area (TPSA) is 99.6 Å². The van der Waals surface area contributed by atoms with Gasteiger partial charge in [0.05, 0.1) is 32.4 Å². The van der Waals surface area contributed by atoms with Crippen molar-refractivity contribution in [2.75, 3.05) is 39.1 Å². The van der Waals surface area contributed by atoms with Crippen molar-refractivity contribution in [2.24, 2.45) is 0 Å². The fourth-order valence-corrected chi connectivity index (χ4v) is 3.38. The normalized spacial score (nSPS) is 15.8. The molecule has 0 saturated carbocycles. The summed E-state index contributed by atoms with van der Waals surface area (Å²) in [5, 5.41) is 7.79. The molecule has 5 heterocycles. The first kappa shape index (κ1) is 23.8. The molecule has 0 bridgehead atoms. The summed E-state index contributed by atoms with van der Waals surface area (Å²) in [5.74, 6) is -1.46. The molecule has 0 unspecified atom stereocenters. The van der Waals surface area contributed by atoms with E-state index in [9.17, 15) is 8.78 Å². The second kappa shape index (κ2) is 11.1. The van der Waals surface area contributed by atoms with Crippen molar-refractivity contribution in [1.29, 1.82) is 0 Å². The second-order valence-electron chi connectivity index (χ2n) is 7.24. The molecule has 8 nitrogen and oxygen atoms in total. The summed E-state index contributed by atoms with van der Waals surface area (Å²) in [6, 6.07) is 2.40. The molecular weight excluding hydrogens is 418 g/mol. The van der Waals surface area contributed by atoms with E-state index >= 15 is 0 Å². The molecule has 0 aliphatic carbocycles. The van der Waals surface area contributed by atoms with E-state index in [0.717, 1.165) is 0 Å². The molecule has 3 aromatic heterocycles. The average Bonchev–Trinajstić information content (AvgIpc) is 3.20. The smallest absolute Gasteiger partial charge is 0.168 e. The number of nitrogens with one attached hydrogen (secondary N) is 1. The van der Waals surface area contributed by atoms with Gasteiger partial charge in [-0.15, -0.1) is 0 Å². The van der Waals surface area contributed by atoms with Crippen molar-refractivity contribution < 1.29 is 18.3 Å². The highest BCUT2D eigenvalue weighted by molar-refractivity contribution is 5.62. The van der Waals surface area contributed by atoms with Crippen LogP contribution in [0.25, 0.3) is 17.0 Å². The van der Waals surface area contributed by atoms with E-state index in [4.69, 9.17) is 15.2 Å². The molecule has 0 amide bonds. The number of ether oxygens (including phenoxy) is 2. The minimum Gasteiger partial charge on any atom is -0.495 e. The maximum atomic E-state index is 14.1. The number of piperidine rings is 1. The monoisotopic (exact) mass is 448 g/mol. The molecule has 174 valence electrons. The van der Waals surface area contributed by atoms with Crippen LogP contribution in [0.3, 0.4) is 0 Å². The highest BCUT2D eigenvalue weighted by Gasteiger charge is 2.27. The number of nitrogen functional groups attached to an aromatic ring is 1. The van der Waals surface area contributed by atoms with Crippen molar-refractivity contribution in [3.05, 3.63) is 35.7 Å². The van der Waals surface area contributed by atoms with Crippen molar-refractivity contribution in [3.63, 3.8) is 0 Å². The number of rotatable bonds is 3. The zero-order valence-electron chi connectivity index (χ0n) is 18.7. The number of fused-ring (bicyclic) bond motifs is 1. The zero-order chi connectivity index (χ0) is 23.1. The van der Waals surface area contributed by atoms with Crippen molar-refractivity contribution in [1.82, 2.24) is 24.9 Å². The van der Waals surface area contributed by atoms with Gasteiger partial charge in [-0.3, -0.25) is 0 Å².